The van der Waals surface area contributed by atoms with E-state index in [1.165, 1.54) is 4.90 Å². The fourth-order valence-corrected chi connectivity index (χ4v) is 12.3. The van der Waals surface area contributed by atoms with Crippen molar-refractivity contribution in [3.05, 3.63) is 94.5 Å². The number of fused-ring (bicyclic) bond motifs is 4. The van der Waals surface area contributed by atoms with E-state index in [1.807, 2.05) is 88.9 Å². The lowest BCUT2D eigenvalue weighted by Gasteiger charge is -2.41. The molecule has 14 heteroatoms. The molecule has 3 aliphatic rings. The number of esters is 1. The summed E-state index contributed by atoms with van der Waals surface area (Å²) in [5.41, 5.74) is 4.40. The quantitative estimate of drug-likeness (QED) is 0.0751. The van der Waals surface area contributed by atoms with Gasteiger partial charge in [0.05, 0.1) is 42.7 Å². The molecule has 3 aromatic carbocycles. The molecule has 3 amide bonds. The van der Waals surface area contributed by atoms with E-state index >= 15 is 0 Å². The number of hydrogen-bond donors (Lipinski definition) is 0. The Kier molecular flexibility index (Phi) is 20.0. The number of ether oxygens (including phenoxy) is 4. The highest BCUT2D eigenvalue weighted by Crippen LogP contribution is 2.50. The van der Waals surface area contributed by atoms with Crippen molar-refractivity contribution in [1.82, 2.24) is 14.7 Å². The van der Waals surface area contributed by atoms with Crippen LogP contribution in [0.15, 0.2) is 72.8 Å². The van der Waals surface area contributed by atoms with E-state index in [9.17, 15) is 28.8 Å². The number of piperidine rings is 1. The SMILES string of the molecule is CC[C@H](C)[C@@H]([C@@H](CC(=O)N1[C@H]2C[C@H]2C[C@H]1[C@H](OC)[C@@H](C)C(=O)C[C@@H](Cc1ccccc1Cl)C(=O)OC(C)(C)C)OC)N(C)C(=O)[C@@H](CC(=O)[C@H](C(C)C)N(C)C(=O)OCC1c2ccccc2-c2ccccc21)C(C)C. The van der Waals surface area contributed by atoms with Gasteiger partial charge in [-0.1, -0.05) is 133 Å². The monoisotopic (exact) mass is 1050 g/mol. The van der Waals surface area contributed by atoms with Crippen LogP contribution in [-0.2, 0) is 49.3 Å². The van der Waals surface area contributed by atoms with Crippen LogP contribution in [0.4, 0.5) is 4.79 Å². The van der Waals surface area contributed by atoms with Gasteiger partial charge in [-0.2, -0.15) is 0 Å². The lowest BCUT2D eigenvalue weighted by molar-refractivity contribution is -0.161. The maximum atomic E-state index is 14.9. The van der Waals surface area contributed by atoms with Gasteiger partial charge in [-0.25, -0.2) is 4.79 Å². The van der Waals surface area contributed by atoms with Gasteiger partial charge < -0.3 is 33.6 Å². The number of nitrogens with zero attached hydrogens (tertiary/aromatic N) is 3. The molecule has 0 N–H and O–H groups in total. The Morgan fingerprint density at radius 3 is 1.89 bits per heavy atom. The standard InChI is InChI=1S/C61H84ClN3O10/c1-15-37(6)56(63(11)58(69)46(35(2)3)32-52(67)55(36(4)5)64(12)60(71)74-34-47-44-25-19-17-23-42(44)43-24-18-20-26-45(43)47)53(72-13)33-54(68)65-49-29-40(49)30-50(65)57(73-14)38(7)51(66)31-41(59(70)75-61(8,9)10)28-39-22-16-21-27-48(39)62/h16-27,35-38,40-41,46-47,49-50,53,55-57H,15,28-34H2,1-14H3/t37-,38-,40-,41+,46-,49-,50-,53+,55-,56-,57+/m0/s1. The summed E-state index contributed by atoms with van der Waals surface area (Å²) < 4.78 is 24.1. The molecule has 0 aromatic heterocycles. The number of rotatable bonds is 25. The number of likely N-dealkylation sites (tertiary alicyclic amines) is 1. The Morgan fingerprint density at radius 2 is 1.35 bits per heavy atom. The third kappa shape index (κ3) is 13.7. The van der Waals surface area contributed by atoms with E-state index in [-0.39, 0.29) is 91.3 Å². The molecule has 1 heterocycles. The molecule has 13 nitrogen and oxygen atoms in total. The number of halogens is 1. The Bertz CT molecular complexity index is 2460. The fraction of sp³-hybridized carbons (Fsp3) is 0.607. The van der Waals surface area contributed by atoms with Crippen molar-refractivity contribution in [2.24, 2.45) is 41.4 Å². The van der Waals surface area contributed by atoms with Crippen LogP contribution >= 0.6 is 11.6 Å². The van der Waals surface area contributed by atoms with E-state index < -0.39 is 65.8 Å². The third-order valence-electron chi connectivity index (χ3n) is 16.3. The highest BCUT2D eigenvalue weighted by atomic mass is 35.5. The number of methoxy groups -OCH3 is 2. The van der Waals surface area contributed by atoms with Crippen molar-refractivity contribution in [3.63, 3.8) is 0 Å². The average Bonchev–Trinajstić information content (AvgIpc) is 3.91. The molecule has 3 aromatic rings. The Morgan fingerprint density at radius 1 is 0.747 bits per heavy atom. The summed E-state index contributed by atoms with van der Waals surface area (Å²) in [5, 5.41) is 0.504. The summed E-state index contributed by atoms with van der Waals surface area (Å²) in [7, 11) is 6.45. The highest BCUT2D eigenvalue weighted by molar-refractivity contribution is 6.31. The zero-order chi connectivity index (χ0) is 55.2. The first-order valence-electron chi connectivity index (χ1n) is 27.2. The Balaban J connectivity index is 1.14. The molecule has 410 valence electrons. The minimum Gasteiger partial charge on any atom is -0.460 e. The second kappa shape index (κ2) is 25.4. The summed E-state index contributed by atoms with van der Waals surface area (Å²) in [6.45, 7) is 19.0. The molecule has 0 bridgehead atoms. The Labute approximate surface area is 451 Å². The van der Waals surface area contributed by atoms with Crippen LogP contribution in [0.3, 0.4) is 0 Å². The van der Waals surface area contributed by atoms with Crippen LogP contribution < -0.4 is 0 Å². The van der Waals surface area contributed by atoms with Crippen LogP contribution in [0.5, 0.6) is 0 Å². The molecule has 1 aliphatic heterocycles. The van der Waals surface area contributed by atoms with Gasteiger partial charge in [0.25, 0.3) is 0 Å². The van der Waals surface area contributed by atoms with Crippen molar-refractivity contribution in [3.8, 4) is 11.1 Å². The van der Waals surface area contributed by atoms with Crippen LogP contribution in [0.2, 0.25) is 5.02 Å². The van der Waals surface area contributed by atoms with E-state index in [0.29, 0.717) is 17.9 Å². The van der Waals surface area contributed by atoms with Crippen molar-refractivity contribution in [1.29, 1.82) is 0 Å². The van der Waals surface area contributed by atoms with E-state index in [2.05, 4.69) is 24.3 Å². The molecule has 2 aliphatic carbocycles. The third-order valence-corrected chi connectivity index (χ3v) is 16.7. The summed E-state index contributed by atoms with van der Waals surface area (Å²) in [6.07, 6.45) is 0.268. The van der Waals surface area contributed by atoms with Crippen molar-refractivity contribution in [2.75, 3.05) is 34.9 Å². The topological polar surface area (TPSA) is 149 Å². The first-order chi connectivity index (χ1) is 35.4. The number of Topliss-reactive ketones (excluding diaryl/α,β-unsaturated/α-hetero) is 2. The van der Waals surface area contributed by atoms with Crippen LogP contribution in [0, 0.1) is 41.4 Å². The van der Waals surface area contributed by atoms with E-state index in [4.69, 9.17) is 30.5 Å². The van der Waals surface area contributed by atoms with Crippen LogP contribution in [0.1, 0.15) is 130 Å². The van der Waals surface area contributed by atoms with Crippen molar-refractivity contribution < 1.29 is 47.7 Å². The van der Waals surface area contributed by atoms with Gasteiger partial charge >= 0.3 is 12.1 Å². The molecule has 2 fully saturated rings. The number of likely N-dealkylation sites (N-methyl/N-ethyl adjacent to an activating group) is 2. The molecule has 1 saturated carbocycles. The Hall–Kier alpha value is -5.11. The molecular weight excluding hydrogens is 970 g/mol. The summed E-state index contributed by atoms with van der Waals surface area (Å²) in [4.78, 5) is 91.0. The summed E-state index contributed by atoms with van der Waals surface area (Å²) in [6, 6.07) is 21.7. The summed E-state index contributed by atoms with van der Waals surface area (Å²) >= 11 is 6.53. The average molecular weight is 1050 g/mol. The molecule has 0 radical (unpaired) electrons. The normalized spacial score (nSPS) is 20.2. The number of amides is 3. The lowest BCUT2D eigenvalue weighted by atomic mass is 9.83. The van der Waals surface area contributed by atoms with Gasteiger partial charge in [0.1, 0.15) is 18.0 Å². The van der Waals surface area contributed by atoms with Crippen molar-refractivity contribution >= 4 is 47.0 Å². The fourth-order valence-electron chi connectivity index (χ4n) is 12.1. The maximum absolute atomic E-state index is 14.9. The maximum Gasteiger partial charge on any atom is 0.410 e. The van der Waals surface area contributed by atoms with Gasteiger partial charge in [-0.15, -0.1) is 0 Å². The van der Waals surface area contributed by atoms with Gasteiger partial charge in [0.2, 0.25) is 11.8 Å². The zero-order valence-corrected chi connectivity index (χ0v) is 47.7. The molecular formula is C61H84ClN3O10. The predicted molar refractivity (Wildman–Crippen MR) is 292 cm³/mol. The molecule has 1 saturated heterocycles. The second-order valence-corrected chi connectivity index (χ2v) is 23.7. The van der Waals surface area contributed by atoms with Crippen LogP contribution in [0.25, 0.3) is 11.1 Å². The molecule has 0 spiro atoms. The largest absolute Gasteiger partial charge is 0.460 e. The zero-order valence-electron chi connectivity index (χ0n) is 47.0. The molecule has 6 rings (SSSR count). The minimum atomic E-state index is -0.844. The summed E-state index contributed by atoms with van der Waals surface area (Å²) in [5.74, 6) is -3.93. The minimum absolute atomic E-state index is 0.00657. The first kappa shape index (κ1) is 59.1. The second-order valence-electron chi connectivity index (χ2n) is 23.3. The number of hydrogen-bond acceptors (Lipinski definition) is 10. The van der Waals surface area contributed by atoms with Crippen LogP contribution in [-0.4, -0.2) is 127 Å². The lowest BCUT2D eigenvalue weighted by Crippen LogP contribution is -2.55. The number of carbonyl (C=O) groups is 6. The molecule has 0 unspecified atom stereocenters. The smallest absolute Gasteiger partial charge is 0.410 e. The van der Waals surface area contributed by atoms with Gasteiger partial charge in [-0.05, 0) is 97.6 Å². The van der Waals surface area contributed by atoms with Crippen molar-refractivity contribution in [2.45, 2.75) is 162 Å². The molecule has 75 heavy (non-hydrogen) atoms. The highest BCUT2D eigenvalue weighted by Gasteiger charge is 2.57. The van der Waals surface area contributed by atoms with Gasteiger partial charge in [0, 0.05) is 70.0 Å². The molecule has 11 atom stereocenters. The number of ketones is 2. The van der Waals surface area contributed by atoms with E-state index in [0.717, 1.165) is 34.2 Å². The van der Waals surface area contributed by atoms with E-state index in [1.54, 1.807) is 67.0 Å². The predicted octanol–water partition coefficient (Wildman–Crippen LogP) is 10.9. The number of carbonyl (C=O) groups excluding carboxylic acids is 6. The van der Waals surface area contributed by atoms with Gasteiger partial charge in [0.15, 0.2) is 5.78 Å². The number of benzene rings is 3. The van der Waals surface area contributed by atoms with Gasteiger partial charge in [-0.3, -0.25) is 24.0 Å². The first-order valence-corrected chi connectivity index (χ1v) is 27.5.